The third-order valence-corrected chi connectivity index (χ3v) is 13.5. The number of hydrogen-bond donors (Lipinski definition) is 0. The zero-order valence-corrected chi connectivity index (χ0v) is 24.2. The molecule has 0 spiro atoms. The van der Waals surface area contributed by atoms with Crippen LogP contribution in [0.1, 0.15) is 83.1 Å². The van der Waals surface area contributed by atoms with Crippen molar-refractivity contribution in [2.45, 2.75) is 116 Å². The first-order chi connectivity index (χ1) is 9.31. The molecular formula is C18H42Ge2Si2. The topological polar surface area (TPSA) is 0 Å². The Morgan fingerprint density at radius 3 is 0.500 bits per heavy atom. The Bertz CT molecular complexity index is 230. The van der Waals surface area contributed by atoms with Crippen LogP contribution in [0.3, 0.4) is 0 Å². The molecule has 0 saturated carbocycles. The molecule has 0 aliphatic rings. The Kier molecular flexibility index (Phi) is 13.5. The summed E-state index contributed by atoms with van der Waals surface area (Å²) in [4.78, 5) is 0. The van der Waals surface area contributed by atoms with Crippen LogP contribution in [0, 0.1) is 0 Å². The molecule has 0 fully saturated rings. The van der Waals surface area contributed by atoms with Crippen molar-refractivity contribution in [3.05, 3.63) is 0 Å². The number of hydrogen-bond acceptors (Lipinski definition) is 0. The molecule has 0 saturated heterocycles. The minimum absolute atomic E-state index is 0.221. The van der Waals surface area contributed by atoms with E-state index in [4.69, 9.17) is 0 Å². The minimum atomic E-state index is -0.221. The fourth-order valence-electron chi connectivity index (χ4n) is 2.25. The molecule has 0 bridgehead atoms. The van der Waals surface area contributed by atoms with Gasteiger partial charge in [0.15, 0.2) is 0 Å². The van der Waals surface area contributed by atoms with E-state index in [-0.39, 0.29) is 17.6 Å². The first kappa shape index (κ1) is 28.3. The molecule has 0 unspecified atom stereocenters. The van der Waals surface area contributed by atoms with Crippen LogP contribution in [0.2, 0.25) is 33.2 Å². The Balaban J connectivity index is -0.000000294. The van der Waals surface area contributed by atoms with E-state index in [1.807, 2.05) is 28.0 Å². The van der Waals surface area contributed by atoms with Crippen LogP contribution in [-0.2, 0) is 0 Å². The van der Waals surface area contributed by atoms with Crippen LogP contribution in [-0.4, -0.2) is 45.6 Å². The van der Waals surface area contributed by atoms with Gasteiger partial charge in [0.25, 0.3) is 0 Å². The molecule has 0 N–H and O–H groups in total. The Morgan fingerprint density at radius 1 is 0.409 bits per heavy atom. The fourth-order valence-corrected chi connectivity index (χ4v) is 6.75. The van der Waals surface area contributed by atoms with Crippen molar-refractivity contribution < 1.29 is 0 Å². The summed E-state index contributed by atoms with van der Waals surface area (Å²) in [7, 11) is -0.441. The van der Waals surface area contributed by atoms with Crippen LogP contribution >= 0.6 is 0 Å². The summed E-state index contributed by atoms with van der Waals surface area (Å²) in [5.74, 6) is 0. The average Bonchev–Trinajstić information content (AvgIpc) is 2.25. The molecule has 6 radical (unpaired) electrons. The van der Waals surface area contributed by atoms with Crippen molar-refractivity contribution in [2.75, 3.05) is 0 Å². The van der Waals surface area contributed by atoms with E-state index >= 15 is 0 Å². The summed E-state index contributed by atoms with van der Waals surface area (Å²) >= 11 is 4.00. The van der Waals surface area contributed by atoms with E-state index in [0.717, 1.165) is 0 Å². The van der Waals surface area contributed by atoms with Crippen LogP contribution < -0.4 is 0 Å². The van der Waals surface area contributed by atoms with Crippen molar-refractivity contribution in [3.8, 4) is 0 Å². The molecule has 0 aliphatic carbocycles. The van der Waals surface area contributed by atoms with E-state index < -0.39 is 0 Å². The van der Waals surface area contributed by atoms with Crippen LogP contribution in [0.15, 0.2) is 0 Å². The second-order valence-electron chi connectivity index (χ2n) is 10.2. The van der Waals surface area contributed by atoms with Crippen molar-refractivity contribution in [1.82, 2.24) is 0 Å². The molecule has 22 heavy (non-hydrogen) atoms. The van der Waals surface area contributed by atoms with Gasteiger partial charge in [-0.25, -0.2) is 0 Å². The molecular weight excluding hydrogens is 418 g/mol. The van der Waals surface area contributed by atoms with Crippen LogP contribution in [0.25, 0.3) is 0 Å². The van der Waals surface area contributed by atoms with Gasteiger partial charge >= 0.3 is 28.0 Å². The summed E-state index contributed by atoms with van der Waals surface area (Å²) in [6.45, 7) is 33.1. The second kappa shape index (κ2) is 10.5. The summed E-state index contributed by atoms with van der Waals surface area (Å²) in [5, 5.41) is 2.18. The first-order valence-corrected chi connectivity index (χ1v) is 18.8. The predicted molar refractivity (Wildman–Crippen MR) is 114 cm³/mol. The SMILES string of the molecule is C[Si](C(C)(C)C)C(C)(C)C.C[Si](C(C)(C)C)C(C)(C)C.[Ge]=[Ge]. The quantitative estimate of drug-likeness (QED) is 0.355. The summed E-state index contributed by atoms with van der Waals surface area (Å²) < 4.78 is 0. The summed E-state index contributed by atoms with van der Waals surface area (Å²) in [5.41, 5.74) is 0. The van der Waals surface area contributed by atoms with Crippen molar-refractivity contribution in [2.24, 2.45) is 0 Å². The van der Waals surface area contributed by atoms with Crippen LogP contribution in [0.4, 0.5) is 0 Å². The molecule has 0 rings (SSSR count). The van der Waals surface area contributed by atoms with Gasteiger partial charge in [-0.1, -0.05) is 96.2 Å². The van der Waals surface area contributed by atoms with E-state index in [1.54, 1.807) is 0 Å². The molecule has 0 aromatic carbocycles. The third-order valence-electron chi connectivity index (χ3n) is 4.50. The fraction of sp³-hybridized carbons (Fsp3) is 1.00. The normalized spacial score (nSPS) is 13.3. The molecule has 0 heterocycles. The van der Waals surface area contributed by atoms with Crippen molar-refractivity contribution in [1.29, 1.82) is 0 Å². The van der Waals surface area contributed by atoms with E-state index in [9.17, 15) is 0 Å². The van der Waals surface area contributed by atoms with Gasteiger partial charge in [-0.15, -0.1) is 0 Å². The van der Waals surface area contributed by atoms with E-state index in [0.29, 0.717) is 20.2 Å². The van der Waals surface area contributed by atoms with Gasteiger partial charge < -0.3 is 0 Å². The van der Waals surface area contributed by atoms with Gasteiger partial charge in [-0.05, 0) is 20.2 Å². The molecule has 0 aromatic rings. The van der Waals surface area contributed by atoms with E-state index in [2.05, 4.69) is 96.2 Å². The van der Waals surface area contributed by atoms with Gasteiger partial charge in [0.2, 0.25) is 0 Å². The predicted octanol–water partition coefficient (Wildman–Crippen LogP) is 6.66. The maximum absolute atomic E-state index is 2.44. The average molecular weight is 460 g/mol. The maximum atomic E-state index is 2.44. The Morgan fingerprint density at radius 2 is 0.500 bits per heavy atom. The van der Waals surface area contributed by atoms with Gasteiger partial charge in [-0.3, -0.25) is 0 Å². The van der Waals surface area contributed by atoms with Gasteiger partial charge in [-0.2, -0.15) is 0 Å². The standard InChI is InChI=1S/2C9H21Si.Ge2/c2*1-8(2,3)10(7)9(4,5)6;1-2/h2*1-7H3;. The van der Waals surface area contributed by atoms with E-state index in [1.165, 1.54) is 0 Å². The number of rotatable bonds is 0. The molecule has 0 aliphatic heterocycles. The second-order valence-corrected chi connectivity index (χ2v) is 18.8. The Hall–Kier alpha value is 1.52. The Labute approximate surface area is 161 Å². The van der Waals surface area contributed by atoms with Gasteiger partial charge in [0.1, 0.15) is 0 Å². The summed E-state index contributed by atoms with van der Waals surface area (Å²) in [6.07, 6.45) is 0. The molecule has 130 valence electrons. The molecule has 0 aromatic heterocycles. The van der Waals surface area contributed by atoms with Gasteiger partial charge in [0, 0.05) is 0 Å². The molecule has 0 nitrogen and oxygen atoms in total. The molecule has 4 heteroatoms. The van der Waals surface area contributed by atoms with Gasteiger partial charge in [0.05, 0.1) is 17.6 Å². The monoisotopic (exact) mass is 462 g/mol. The first-order valence-electron chi connectivity index (χ1n) is 8.25. The third kappa shape index (κ3) is 13.9. The zero-order valence-electron chi connectivity index (χ0n) is 18.0. The molecule has 0 amide bonds. The van der Waals surface area contributed by atoms with Crippen molar-refractivity contribution in [3.63, 3.8) is 0 Å². The van der Waals surface area contributed by atoms with Crippen LogP contribution in [0.5, 0.6) is 0 Å². The van der Waals surface area contributed by atoms with Crippen molar-refractivity contribution >= 4 is 45.6 Å². The molecule has 0 atom stereocenters. The summed E-state index contributed by atoms with van der Waals surface area (Å²) in [6, 6.07) is 0. The zero-order chi connectivity index (χ0) is 19.2.